The van der Waals surface area contributed by atoms with Crippen LogP contribution in [0.3, 0.4) is 0 Å². The summed E-state index contributed by atoms with van der Waals surface area (Å²) in [6.45, 7) is 4.89. The van der Waals surface area contributed by atoms with Crippen LogP contribution < -0.4 is 11.2 Å². The predicted octanol–water partition coefficient (Wildman–Crippen LogP) is 2.10. The molecule has 0 bridgehead atoms. The molecule has 0 unspecified atom stereocenters. The first-order valence-corrected chi connectivity index (χ1v) is 5.57. The molecule has 1 aromatic carbocycles. The predicted molar refractivity (Wildman–Crippen MR) is 70.1 cm³/mol. The van der Waals surface area contributed by atoms with Gasteiger partial charge < -0.3 is 10.3 Å². The second kappa shape index (κ2) is 4.45. The monoisotopic (exact) mass is 228 g/mol. The molecular weight excluding hydrogens is 212 g/mol. The lowest BCUT2D eigenvalue weighted by Crippen LogP contribution is -2.11. The molecule has 0 aliphatic heterocycles. The average Bonchev–Trinajstić information content (AvgIpc) is 2.22. The zero-order chi connectivity index (χ0) is 12.4. The number of hydrogen-bond donors (Lipinski definition) is 1. The van der Waals surface area contributed by atoms with Gasteiger partial charge >= 0.3 is 0 Å². The van der Waals surface area contributed by atoms with Crippen molar-refractivity contribution in [2.45, 2.75) is 20.4 Å². The highest BCUT2D eigenvalue weighted by Gasteiger charge is 1.99. The highest BCUT2D eigenvalue weighted by atomic mass is 16.1. The second-order valence-corrected chi connectivity index (χ2v) is 4.43. The second-order valence-electron chi connectivity index (χ2n) is 4.43. The van der Waals surface area contributed by atoms with Crippen molar-refractivity contribution < 1.29 is 0 Å². The van der Waals surface area contributed by atoms with E-state index in [1.54, 1.807) is 12.4 Å². The molecule has 0 amide bonds. The molecule has 2 rings (SSSR count). The summed E-state index contributed by atoms with van der Waals surface area (Å²) in [6.07, 6.45) is 3.44. The Bertz CT molecular complexity index is 579. The maximum Gasteiger partial charge on any atom is 0.204 e. The lowest BCUT2D eigenvalue weighted by atomic mass is 10.1. The minimum atomic E-state index is -0.123. The SMILES string of the molecule is Cc1cc(C)cc(Cn2ccc(=O)c(N)c2)c1. The van der Waals surface area contributed by atoms with Gasteiger partial charge in [-0.15, -0.1) is 0 Å². The smallest absolute Gasteiger partial charge is 0.204 e. The van der Waals surface area contributed by atoms with Crippen LogP contribution >= 0.6 is 0 Å². The summed E-state index contributed by atoms with van der Waals surface area (Å²) in [5, 5.41) is 0. The van der Waals surface area contributed by atoms with Gasteiger partial charge in [-0.3, -0.25) is 4.79 Å². The van der Waals surface area contributed by atoms with Crippen LogP contribution in [-0.2, 0) is 6.54 Å². The van der Waals surface area contributed by atoms with Gasteiger partial charge in [0.05, 0.1) is 5.69 Å². The van der Waals surface area contributed by atoms with Crippen LogP contribution in [0.25, 0.3) is 0 Å². The third kappa shape index (κ3) is 2.75. The number of hydrogen-bond acceptors (Lipinski definition) is 2. The Kier molecular flexibility index (Phi) is 3.00. The van der Waals surface area contributed by atoms with E-state index in [1.807, 2.05) is 4.57 Å². The molecule has 1 heterocycles. The summed E-state index contributed by atoms with van der Waals surface area (Å²) in [6, 6.07) is 7.92. The Morgan fingerprint density at radius 1 is 1.18 bits per heavy atom. The molecule has 2 aromatic rings. The number of benzene rings is 1. The highest BCUT2D eigenvalue weighted by molar-refractivity contribution is 5.34. The summed E-state index contributed by atoms with van der Waals surface area (Å²) in [7, 11) is 0. The van der Waals surface area contributed by atoms with Gasteiger partial charge in [-0.05, 0) is 19.4 Å². The third-order valence-electron chi connectivity index (χ3n) is 2.65. The molecular formula is C14H16N2O. The van der Waals surface area contributed by atoms with Crippen LogP contribution in [0.15, 0.2) is 41.5 Å². The van der Waals surface area contributed by atoms with Gasteiger partial charge in [-0.2, -0.15) is 0 Å². The highest BCUT2D eigenvalue weighted by Crippen LogP contribution is 2.10. The number of pyridine rings is 1. The quantitative estimate of drug-likeness (QED) is 0.855. The molecule has 0 saturated heterocycles. The molecule has 0 atom stereocenters. The number of aromatic nitrogens is 1. The molecule has 3 heteroatoms. The number of rotatable bonds is 2. The normalized spacial score (nSPS) is 10.5. The Morgan fingerprint density at radius 2 is 1.82 bits per heavy atom. The van der Waals surface area contributed by atoms with Crippen molar-refractivity contribution in [2.24, 2.45) is 0 Å². The van der Waals surface area contributed by atoms with E-state index < -0.39 is 0 Å². The van der Waals surface area contributed by atoms with Crippen molar-refractivity contribution in [1.82, 2.24) is 4.57 Å². The Labute approximate surface area is 101 Å². The summed E-state index contributed by atoms with van der Waals surface area (Å²) in [5.74, 6) is 0. The molecule has 88 valence electrons. The van der Waals surface area contributed by atoms with Gasteiger partial charge in [0, 0.05) is 25.0 Å². The molecule has 1 aromatic heterocycles. The van der Waals surface area contributed by atoms with E-state index in [9.17, 15) is 4.79 Å². The van der Waals surface area contributed by atoms with Gasteiger partial charge in [-0.1, -0.05) is 29.3 Å². The fraction of sp³-hybridized carbons (Fsp3) is 0.214. The van der Waals surface area contributed by atoms with E-state index in [2.05, 4.69) is 32.0 Å². The maximum atomic E-state index is 11.2. The summed E-state index contributed by atoms with van der Waals surface area (Å²) in [4.78, 5) is 11.2. The van der Waals surface area contributed by atoms with Gasteiger partial charge in [0.2, 0.25) is 5.43 Å². The van der Waals surface area contributed by atoms with Crippen LogP contribution in [0.1, 0.15) is 16.7 Å². The van der Waals surface area contributed by atoms with Crippen molar-refractivity contribution in [3.8, 4) is 0 Å². The molecule has 0 fully saturated rings. The largest absolute Gasteiger partial charge is 0.394 e. The van der Waals surface area contributed by atoms with Crippen molar-refractivity contribution in [3.05, 3.63) is 63.6 Å². The molecule has 2 N–H and O–H groups in total. The summed E-state index contributed by atoms with van der Waals surface area (Å²) < 4.78 is 1.92. The molecule has 0 spiro atoms. The fourth-order valence-corrected chi connectivity index (χ4v) is 2.01. The van der Waals surface area contributed by atoms with Crippen molar-refractivity contribution in [3.63, 3.8) is 0 Å². The molecule has 0 radical (unpaired) electrons. The third-order valence-corrected chi connectivity index (χ3v) is 2.65. The van der Waals surface area contributed by atoms with Crippen molar-refractivity contribution in [1.29, 1.82) is 0 Å². The minimum Gasteiger partial charge on any atom is -0.394 e. The van der Waals surface area contributed by atoms with E-state index in [0.29, 0.717) is 0 Å². The Hall–Kier alpha value is -2.03. The van der Waals surface area contributed by atoms with Gasteiger partial charge in [0.25, 0.3) is 0 Å². The average molecular weight is 228 g/mol. The number of nitrogen functional groups attached to an aromatic ring is 1. The number of anilines is 1. The molecule has 3 nitrogen and oxygen atoms in total. The van der Waals surface area contributed by atoms with E-state index in [0.717, 1.165) is 6.54 Å². The Balaban J connectivity index is 2.31. The van der Waals surface area contributed by atoms with Gasteiger partial charge in [0.1, 0.15) is 0 Å². The van der Waals surface area contributed by atoms with Crippen LogP contribution in [-0.4, -0.2) is 4.57 Å². The van der Waals surface area contributed by atoms with Gasteiger partial charge in [-0.25, -0.2) is 0 Å². The zero-order valence-electron chi connectivity index (χ0n) is 10.1. The number of nitrogens with zero attached hydrogens (tertiary/aromatic N) is 1. The summed E-state index contributed by atoms with van der Waals surface area (Å²) in [5.41, 5.74) is 9.47. The van der Waals surface area contributed by atoms with E-state index in [1.165, 1.54) is 22.8 Å². The first-order chi connectivity index (χ1) is 8.04. The lowest BCUT2D eigenvalue weighted by molar-refractivity contribution is 0.789. The number of nitrogens with two attached hydrogens (primary N) is 1. The summed E-state index contributed by atoms with van der Waals surface area (Å²) >= 11 is 0. The molecule has 17 heavy (non-hydrogen) atoms. The lowest BCUT2D eigenvalue weighted by Gasteiger charge is -2.09. The van der Waals surface area contributed by atoms with Crippen LogP contribution in [0.2, 0.25) is 0 Å². The van der Waals surface area contributed by atoms with Crippen LogP contribution in [0, 0.1) is 13.8 Å². The standard InChI is InChI=1S/C14H16N2O/c1-10-5-11(2)7-12(6-10)8-16-4-3-14(17)13(15)9-16/h3-7,9H,8,15H2,1-2H3. The first-order valence-electron chi connectivity index (χ1n) is 5.57. The topological polar surface area (TPSA) is 48.0 Å². The molecule has 0 saturated carbocycles. The van der Waals surface area contributed by atoms with Crippen LogP contribution in [0.4, 0.5) is 5.69 Å². The van der Waals surface area contributed by atoms with Crippen LogP contribution in [0.5, 0.6) is 0 Å². The minimum absolute atomic E-state index is 0.123. The first kappa shape index (κ1) is 11.5. The Morgan fingerprint density at radius 3 is 2.41 bits per heavy atom. The van der Waals surface area contributed by atoms with Gasteiger partial charge in [0.15, 0.2) is 0 Å². The van der Waals surface area contributed by atoms with E-state index >= 15 is 0 Å². The molecule has 0 aliphatic rings. The zero-order valence-corrected chi connectivity index (χ0v) is 10.1. The fourth-order valence-electron chi connectivity index (χ4n) is 2.01. The maximum absolute atomic E-state index is 11.2. The number of aryl methyl sites for hydroxylation is 2. The molecule has 0 aliphatic carbocycles. The van der Waals surface area contributed by atoms with E-state index in [-0.39, 0.29) is 11.1 Å². The van der Waals surface area contributed by atoms with Crippen molar-refractivity contribution >= 4 is 5.69 Å². The van der Waals surface area contributed by atoms with Crippen molar-refractivity contribution in [2.75, 3.05) is 5.73 Å². The van der Waals surface area contributed by atoms with E-state index in [4.69, 9.17) is 5.73 Å².